The van der Waals surface area contributed by atoms with Crippen molar-refractivity contribution >= 4 is 18.0 Å². The van der Waals surface area contributed by atoms with Gasteiger partial charge in [0.1, 0.15) is 6.26 Å². The molecule has 7 nitrogen and oxygen atoms in total. The van der Waals surface area contributed by atoms with E-state index in [1.807, 2.05) is 0 Å². The third-order valence-electron chi connectivity index (χ3n) is 2.11. The fourth-order valence-corrected chi connectivity index (χ4v) is 1.29. The highest BCUT2D eigenvalue weighted by atomic mass is 16.5. The number of oxazole rings is 1. The van der Waals surface area contributed by atoms with Gasteiger partial charge < -0.3 is 19.6 Å². The summed E-state index contributed by atoms with van der Waals surface area (Å²) in [7, 11) is 0. The molecule has 1 heterocycles. The molecule has 1 aromatic rings. The van der Waals surface area contributed by atoms with Crippen LogP contribution < -0.4 is 5.32 Å². The second-order valence-electron chi connectivity index (χ2n) is 3.84. The Labute approximate surface area is 104 Å². The average molecular weight is 256 g/mol. The van der Waals surface area contributed by atoms with Crippen LogP contribution in [0.1, 0.15) is 30.8 Å². The van der Waals surface area contributed by atoms with Gasteiger partial charge in [0.15, 0.2) is 5.69 Å². The Morgan fingerprint density at radius 2 is 2.33 bits per heavy atom. The first-order chi connectivity index (χ1) is 8.52. The van der Waals surface area contributed by atoms with Gasteiger partial charge in [-0.15, -0.1) is 0 Å². The molecular formula is C11H16N2O5. The van der Waals surface area contributed by atoms with Gasteiger partial charge in [0.25, 0.3) is 6.01 Å². The third-order valence-corrected chi connectivity index (χ3v) is 2.11. The number of aromatic nitrogens is 1. The zero-order chi connectivity index (χ0) is 13.5. The third kappa shape index (κ3) is 4.44. The van der Waals surface area contributed by atoms with Gasteiger partial charge in [-0.1, -0.05) is 6.92 Å². The minimum atomic E-state index is -0.857. The number of hydrogen-bond acceptors (Lipinski definition) is 6. The van der Waals surface area contributed by atoms with E-state index in [0.29, 0.717) is 6.54 Å². The zero-order valence-corrected chi connectivity index (χ0v) is 10.3. The average Bonchev–Trinajstić information content (AvgIpc) is 2.74. The minimum absolute atomic E-state index is 0.0540. The smallest absolute Gasteiger partial charge is 0.360 e. The highest BCUT2D eigenvalue weighted by Crippen LogP contribution is 2.10. The highest BCUT2D eigenvalue weighted by Gasteiger charge is 2.14. The van der Waals surface area contributed by atoms with Gasteiger partial charge in [-0.3, -0.25) is 4.79 Å². The number of rotatable bonds is 7. The maximum Gasteiger partial charge on any atom is 0.360 e. The van der Waals surface area contributed by atoms with E-state index in [9.17, 15) is 9.59 Å². The first-order valence-electron chi connectivity index (χ1n) is 5.61. The van der Waals surface area contributed by atoms with E-state index in [1.54, 1.807) is 13.8 Å². The lowest BCUT2D eigenvalue weighted by molar-refractivity contribution is -0.137. The summed E-state index contributed by atoms with van der Waals surface area (Å²) in [6, 6.07) is 0.176. The molecule has 7 heteroatoms. The number of ether oxygens (including phenoxy) is 1. The molecule has 0 radical (unpaired) electrons. The Kier molecular flexibility index (Phi) is 5.16. The second-order valence-corrected chi connectivity index (χ2v) is 3.84. The maximum absolute atomic E-state index is 11.3. The molecule has 0 aliphatic heterocycles. The molecule has 18 heavy (non-hydrogen) atoms. The molecule has 2 N–H and O–H groups in total. The molecule has 1 aromatic heterocycles. The number of nitrogens with zero attached hydrogens (tertiary/aromatic N) is 1. The Balaban J connectivity index is 2.44. The molecule has 0 aliphatic rings. The van der Waals surface area contributed by atoms with Crippen molar-refractivity contribution in [3.8, 4) is 0 Å². The number of aliphatic carboxylic acids is 1. The topological polar surface area (TPSA) is 102 Å². The SMILES string of the molecule is CCOC(=O)c1coc(NCC(C)CC(=O)O)n1. The summed E-state index contributed by atoms with van der Waals surface area (Å²) in [4.78, 5) is 25.6. The Morgan fingerprint density at radius 1 is 1.61 bits per heavy atom. The molecule has 0 saturated heterocycles. The lowest BCUT2D eigenvalue weighted by Crippen LogP contribution is -2.15. The molecule has 0 fully saturated rings. The molecule has 0 spiro atoms. The van der Waals surface area contributed by atoms with E-state index in [-0.39, 0.29) is 30.7 Å². The van der Waals surface area contributed by atoms with Crippen LogP contribution >= 0.6 is 0 Å². The van der Waals surface area contributed by atoms with E-state index in [0.717, 1.165) is 0 Å². The molecule has 100 valence electrons. The maximum atomic E-state index is 11.3. The molecular weight excluding hydrogens is 240 g/mol. The summed E-state index contributed by atoms with van der Waals surface area (Å²) in [6.45, 7) is 4.15. The van der Waals surface area contributed by atoms with Crippen molar-refractivity contribution in [1.29, 1.82) is 0 Å². The van der Waals surface area contributed by atoms with E-state index < -0.39 is 11.9 Å². The summed E-state index contributed by atoms with van der Waals surface area (Å²) >= 11 is 0. The Morgan fingerprint density at radius 3 is 2.94 bits per heavy atom. The number of nitrogens with one attached hydrogen (secondary N) is 1. The van der Waals surface area contributed by atoms with Crippen molar-refractivity contribution < 1.29 is 23.8 Å². The van der Waals surface area contributed by atoms with Crippen LogP contribution in [0.3, 0.4) is 0 Å². The predicted octanol–water partition coefficient (Wildman–Crippen LogP) is 1.37. The molecule has 0 aliphatic carbocycles. The molecule has 0 saturated carbocycles. The van der Waals surface area contributed by atoms with Crippen molar-refractivity contribution in [1.82, 2.24) is 4.98 Å². The van der Waals surface area contributed by atoms with E-state index >= 15 is 0 Å². The van der Waals surface area contributed by atoms with Crippen molar-refractivity contribution in [2.24, 2.45) is 5.92 Å². The predicted molar refractivity (Wildman–Crippen MR) is 62.4 cm³/mol. The minimum Gasteiger partial charge on any atom is -0.481 e. The first-order valence-corrected chi connectivity index (χ1v) is 5.61. The highest BCUT2D eigenvalue weighted by molar-refractivity contribution is 5.87. The number of esters is 1. The molecule has 0 bridgehead atoms. The second kappa shape index (κ2) is 6.63. The van der Waals surface area contributed by atoms with Crippen LogP contribution in [0.5, 0.6) is 0 Å². The summed E-state index contributed by atoms with van der Waals surface area (Å²) < 4.78 is 9.77. The molecule has 1 unspecified atom stereocenters. The van der Waals surface area contributed by atoms with E-state index in [2.05, 4.69) is 10.3 Å². The summed E-state index contributed by atoms with van der Waals surface area (Å²) in [5, 5.41) is 11.4. The van der Waals surface area contributed by atoms with Crippen LogP contribution in [0.2, 0.25) is 0 Å². The number of hydrogen-bond donors (Lipinski definition) is 2. The lowest BCUT2D eigenvalue weighted by Gasteiger charge is -2.07. The van der Waals surface area contributed by atoms with Gasteiger partial charge >= 0.3 is 11.9 Å². The summed E-state index contributed by atoms with van der Waals surface area (Å²) in [6.07, 6.45) is 1.25. The van der Waals surface area contributed by atoms with Gasteiger partial charge in [-0.05, 0) is 12.8 Å². The number of carboxylic acids is 1. The lowest BCUT2D eigenvalue weighted by atomic mass is 10.1. The van der Waals surface area contributed by atoms with Crippen LogP contribution in [0.15, 0.2) is 10.7 Å². The number of carboxylic acid groups (broad SMARTS) is 1. The largest absolute Gasteiger partial charge is 0.481 e. The van der Waals surface area contributed by atoms with Crippen molar-refractivity contribution in [2.75, 3.05) is 18.5 Å². The summed E-state index contributed by atoms with van der Waals surface area (Å²) in [5.74, 6) is -1.47. The van der Waals surface area contributed by atoms with Crippen LogP contribution in [-0.4, -0.2) is 35.2 Å². The Bertz CT molecular complexity index is 415. The number of anilines is 1. The number of carbonyl (C=O) groups is 2. The zero-order valence-electron chi connectivity index (χ0n) is 10.3. The molecule has 1 atom stereocenters. The Hall–Kier alpha value is -2.05. The van der Waals surface area contributed by atoms with Crippen LogP contribution in [0.25, 0.3) is 0 Å². The molecule has 1 rings (SSSR count). The number of carbonyl (C=O) groups excluding carboxylic acids is 1. The van der Waals surface area contributed by atoms with Gasteiger partial charge in [-0.25, -0.2) is 4.79 Å². The van der Waals surface area contributed by atoms with E-state index in [1.165, 1.54) is 6.26 Å². The van der Waals surface area contributed by atoms with Crippen LogP contribution in [0, 0.1) is 5.92 Å². The molecule has 0 aromatic carbocycles. The molecule has 0 amide bonds. The normalized spacial score (nSPS) is 11.9. The van der Waals surface area contributed by atoms with Crippen LogP contribution in [0.4, 0.5) is 6.01 Å². The van der Waals surface area contributed by atoms with Gasteiger partial charge in [0.2, 0.25) is 0 Å². The standard InChI is InChI=1S/C11H16N2O5/c1-3-17-10(16)8-6-18-11(13-8)12-5-7(2)4-9(14)15/h6-7H,3-5H2,1-2H3,(H,12,13)(H,14,15). The monoisotopic (exact) mass is 256 g/mol. The van der Waals surface area contributed by atoms with Crippen molar-refractivity contribution in [2.45, 2.75) is 20.3 Å². The summed E-state index contributed by atoms with van der Waals surface area (Å²) in [5.41, 5.74) is 0.0882. The van der Waals surface area contributed by atoms with Gasteiger partial charge in [0, 0.05) is 13.0 Å². The van der Waals surface area contributed by atoms with E-state index in [4.69, 9.17) is 14.3 Å². The van der Waals surface area contributed by atoms with Gasteiger partial charge in [-0.2, -0.15) is 4.98 Å². The van der Waals surface area contributed by atoms with Crippen molar-refractivity contribution in [3.05, 3.63) is 12.0 Å². The quantitative estimate of drug-likeness (QED) is 0.710. The fraction of sp³-hybridized carbons (Fsp3) is 0.545. The van der Waals surface area contributed by atoms with Crippen LogP contribution in [-0.2, 0) is 9.53 Å². The fourth-order valence-electron chi connectivity index (χ4n) is 1.29. The first kappa shape index (κ1) is 14.0. The van der Waals surface area contributed by atoms with Gasteiger partial charge in [0.05, 0.1) is 6.61 Å². The van der Waals surface area contributed by atoms with Crippen molar-refractivity contribution in [3.63, 3.8) is 0 Å².